The second-order valence-corrected chi connectivity index (χ2v) is 5.10. The predicted molar refractivity (Wildman–Crippen MR) is 79.0 cm³/mol. The van der Waals surface area contributed by atoms with Gasteiger partial charge in [-0.15, -0.1) is 8.78 Å². The van der Waals surface area contributed by atoms with Gasteiger partial charge >= 0.3 is 12.3 Å². The molecule has 0 saturated heterocycles. The maximum Gasteiger partial charge on any atom is 0.586 e. The number of aromatic nitrogens is 1. The fourth-order valence-corrected chi connectivity index (χ4v) is 1.96. The van der Waals surface area contributed by atoms with E-state index in [2.05, 4.69) is 19.9 Å². The van der Waals surface area contributed by atoms with Gasteiger partial charge in [-0.25, -0.2) is 4.79 Å². The van der Waals surface area contributed by atoms with Gasteiger partial charge in [-0.1, -0.05) is 0 Å². The maximum absolute atomic E-state index is 12.9. The lowest BCUT2D eigenvalue weighted by atomic mass is 10.3. The fraction of sp³-hybridized carbons (Fsp3) is 0.267. The zero-order valence-electron chi connectivity index (χ0n) is 13.3. The van der Waals surface area contributed by atoms with Crippen molar-refractivity contribution in [3.63, 3.8) is 0 Å². The van der Waals surface area contributed by atoms with E-state index in [1.54, 1.807) is 6.92 Å². The van der Waals surface area contributed by atoms with Gasteiger partial charge < -0.3 is 28.8 Å². The molecule has 0 aliphatic carbocycles. The van der Waals surface area contributed by atoms with Crippen LogP contribution in [0.1, 0.15) is 5.76 Å². The summed E-state index contributed by atoms with van der Waals surface area (Å²) >= 11 is 0. The van der Waals surface area contributed by atoms with Gasteiger partial charge in [0.2, 0.25) is 0 Å². The zero-order valence-corrected chi connectivity index (χ0v) is 13.3. The van der Waals surface area contributed by atoms with Crippen molar-refractivity contribution in [2.24, 2.45) is 0 Å². The highest BCUT2D eigenvalue weighted by Gasteiger charge is 2.43. The van der Waals surface area contributed by atoms with Gasteiger partial charge in [0.1, 0.15) is 5.76 Å². The van der Waals surface area contributed by atoms with E-state index in [9.17, 15) is 18.4 Å². The van der Waals surface area contributed by atoms with Crippen molar-refractivity contribution in [1.29, 1.82) is 0 Å². The lowest BCUT2D eigenvalue weighted by Crippen LogP contribution is -2.26. The van der Waals surface area contributed by atoms with E-state index in [0.717, 1.165) is 6.07 Å². The number of hydrogen-bond acceptors (Lipinski definition) is 8. The van der Waals surface area contributed by atoms with Gasteiger partial charge in [-0.05, 0) is 24.2 Å². The van der Waals surface area contributed by atoms with Gasteiger partial charge in [0.15, 0.2) is 24.7 Å². The zero-order chi connectivity index (χ0) is 18.7. The highest BCUT2D eigenvalue weighted by Crippen LogP contribution is 2.42. The minimum Gasteiger partial charge on any atom is -0.463 e. The molecule has 0 bridgehead atoms. The molecule has 0 fully saturated rings. The number of amides is 1. The molecule has 11 heteroatoms. The molecule has 1 aromatic heterocycles. The van der Waals surface area contributed by atoms with Crippen LogP contribution < -0.4 is 19.5 Å². The number of carbonyl (C=O) groups is 2. The Morgan fingerprint density at radius 2 is 1.96 bits per heavy atom. The van der Waals surface area contributed by atoms with Crippen LogP contribution in [0, 0.1) is 6.92 Å². The molecule has 0 radical (unpaired) electrons. The van der Waals surface area contributed by atoms with Gasteiger partial charge in [0.25, 0.3) is 11.8 Å². The average molecular weight is 370 g/mol. The molecule has 1 aliphatic heterocycles. The summed E-state index contributed by atoms with van der Waals surface area (Å²) in [5, 5.41) is 5.88. The van der Waals surface area contributed by atoms with Gasteiger partial charge in [-0.3, -0.25) is 4.79 Å². The summed E-state index contributed by atoms with van der Waals surface area (Å²) < 4.78 is 48.8. The second kappa shape index (κ2) is 6.86. The molecule has 1 aliphatic rings. The third kappa shape index (κ3) is 4.37. The fourth-order valence-electron chi connectivity index (χ4n) is 1.96. The summed E-state index contributed by atoms with van der Waals surface area (Å²) in [6.07, 6.45) is -3.75. The Hall–Kier alpha value is -3.37. The summed E-state index contributed by atoms with van der Waals surface area (Å²) in [5.41, 5.74) is 0.167. The van der Waals surface area contributed by atoms with E-state index in [4.69, 9.17) is 14.0 Å². The van der Waals surface area contributed by atoms with Gasteiger partial charge in [0.05, 0.1) is 0 Å². The number of hydrogen-bond donors (Lipinski definition) is 1. The number of fused-ring (bicyclic) bond motifs is 1. The number of ether oxygens (including phenoxy) is 4. The first-order valence-corrected chi connectivity index (χ1v) is 7.22. The van der Waals surface area contributed by atoms with Crippen LogP contribution in [0.15, 0.2) is 28.8 Å². The predicted octanol–water partition coefficient (Wildman–Crippen LogP) is 1.87. The molecule has 1 N–H and O–H groups in total. The molecule has 26 heavy (non-hydrogen) atoms. The van der Waals surface area contributed by atoms with Gasteiger partial charge in [-0.2, -0.15) is 0 Å². The lowest BCUT2D eigenvalue weighted by Gasteiger charge is -2.07. The van der Waals surface area contributed by atoms with Crippen molar-refractivity contribution in [1.82, 2.24) is 5.16 Å². The first-order valence-electron chi connectivity index (χ1n) is 7.22. The molecule has 0 spiro atoms. The van der Waals surface area contributed by atoms with Crippen LogP contribution in [-0.2, 0) is 14.3 Å². The Morgan fingerprint density at radius 3 is 2.69 bits per heavy atom. The van der Waals surface area contributed by atoms with E-state index >= 15 is 0 Å². The smallest absolute Gasteiger partial charge is 0.463 e. The van der Waals surface area contributed by atoms with Crippen LogP contribution in [0.3, 0.4) is 0 Å². The standard InChI is InChI=1S/C15H12F2N2O7/c1-8-4-13(19-26-8)22-7-14(21)23-6-12(20)18-9-2-3-10-11(5-9)25-15(16,17)24-10/h2-5H,6-7H2,1H3,(H,18,20). The minimum absolute atomic E-state index is 0.112. The normalized spacial score (nSPS) is 14.0. The van der Waals surface area contributed by atoms with E-state index in [0.29, 0.717) is 5.76 Å². The quantitative estimate of drug-likeness (QED) is 0.768. The lowest BCUT2D eigenvalue weighted by molar-refractivity contribution is -0.286. The summed E-state index contributed by atoms with van der Waals surface area (Å²) in [6.45, 7) is 0.600. The van der Waals surface area contributed by atoms with E-state index < -0.39 is 31.4 Å². The second-order valence-electron chi connectivity index (χ2n) is 5.10. The molecule has 138 valence electrons. The van der Waals surface area contributed by atoms with Crippen molar-refractivity contribution in [2.75, 3.05) is 18.5 Å². The van der Waals surface area contributed by atoms with Crippen molar-refractivity contribution in [3.8, 4) is 17.4 Å². The van der Waals surface area contributed by atoms with Crippen LogP contribution in [0.2, 0.25) is 0 Å². The minimum atomic E-state index is -3.75. The van der Waals surface area contributed by atoms with Crippen LogP contribution in [-0.4, -0.2) is 36.5 Å². The Labute approximate surface area is 144 Å². The number of carbonyl (C=O) groups excluding carboxylic acids is 2. The first kappa shape index (κ1) is 17.5. The van der Waals surface area contributed by atoms with E-state index in [-0.39, 0.29) is 23.1 Å². The van der Waals surface area contributed by atoms with E-state index in [1.165, 1.54) is 18.2 Å². The number of alkyl halides is 2. The monoisotopic (exact) mass is 370 g/mol. The number of aryl methyl sites for hydroxylation is 1. The van der Waals surface area contributed by atoms with Crippen molar-refractivity contribution >= 4 is 17.6 Å². The summed E-state index contributed by atoms with van der Waals surface area (Å²) in [5.74, 6) is -1.23. The number of nitrogens with one attached hydrogen (secondary N) is 1. The SMILES string of the molecule is Cc1cc(OCC(=O)OCC(=O)Nc2ccc3c(c2)OC(F)(F)O3)no1. The average Bonchev–Trinajstić information content (AvgIpc) is 3.11. The van der Waals surface area contributed by atoms with Crippen LogP contribution in [0.5, 0.6) is 17.4 Å². The van der Waals surface area contributed by atoms with Crippen LogP contribution in [0.4, 0.5) is 14.5 Å². The maximum atomic E-state index is 12.9. The number of nitrogens with zero attached hydrogens (tertiary/aromatic N) is 1. The molecule has 2 heterocycles. The molecule has 0 saturated carbocycles. The molecule has 1 aromatic carbocycles. The summed E-state index contributed by atoms with van der Waals surface area (Å²) in [7, 11) is 0. The van der Waals surface area contributed by atoms with Crippen LogP contribution in [0.25, 0.3) is 0 Å². The molecule has 2 aromatic rings. The van der Waals surface area contributed by atoms with Crippen molar-refractivity contribution < 1.29 is 41.8 Å². The molecular formula is C15H12F2N2O7. The highest BCUT2D eigenvalue weighted by molar-refractivity contribution is 5.93. The largest absolute Gasteiger partial charge is 0.586 e. The molecule has 9 nitrogen and oxygen atoms in total. The van der Waals surface area contributed by atoms with Gasteiger partial charge in [0, 0.05) is 17.8 Å². The summed E-state index contributed by atoms with van der Waals surface area (Å²) in [4.78, 5) is 23.2. The van der Waals surface area contributed by atoms with Crippen molar-refractivity contribution in [2.45, 2.75) is 13.2 Å². The topological polar surface area (TPSA) is 109 Å². The molecule has 0 unspecified atom stereocenters. The third-order valence-electron chi connectivity index (χ3n) is 2.99. The first-order chi connectivity index (χ1) is 12.3. The Morgan fingerprint density at radius 1 is 1.19 bits per heavy atom. The van der Waals surface area contributed by atoms with Crippen molar-refractivity contribution in [3.05, 3.63) is 30.0 Å². The Bertz CT molecular complexity index is 837. The number of halogens is 2. The molecule has 1 amide bonds. The molecular weight excluding hydrogens is 358 g/mol. The summed E-state index contributed by atoms with van der Waals surface area (Å²) in [6, 6.07) is 5.18. The Kier molecular flexibility index (Phi) is 4.61. The molecule has 0 atom stereocenters. The Balaban J connectivity index is 1.44. The van der Waals surface area contributed by atoms with E-state index in [1.807, 2.05) is 0 Å². The van der Waals surface area contributed by atoms with Crippen LogP contribution >= 0.6 is 0 Å². The molecule has 3 rings (SSSR count). The highest BCUT2D eigenvalue weighted by atomic mass is 19.3. The number of esters is 1. The number of benzene rings is 1. The number of anilines is 1. The number of rotatable bonds is 6. The third-order valence-corrected chi connectivity index (χ3v) is 2.99.